The zero-order chi connectivity index (χ0) is 37.9. The lowest BCUT2D eigenvalue weighted by Crippen LogP contribution is -2.50. The average molecular weight is 784 g/mol. The molecule has 4 aromatic carbocycles. The van der Waals surface area contributed by atoms with Crippen molar-refractivity contribution in [2.75, 3.05) is 43.5 Å². The molecule has 2 aliphatic heterocycles. The van der Waals surface area contributed by atoms with Gasteiger partial charge in [-0.1, -0.05) is 71.2 Å². The lowest BCUT2D eigenvalue weighted by molar-refractivity contribution is 0.0240. The fraction of sp³-hybridized carbons (Fsp3) is 0.244. The number of aromatic amines is 1. The highest BCUT2D eigenvalue weighted by molar-refractivity contribution is 6.35. The van der Waals surface area contributed by atoms with E-state index in [4.69, 9.17) is 49.3 Å². The first-order valence-corrected chi connectivity index (χ1v) is 18.7. The van der Waals surface area contributed by atoms with Gasteiger partial charge in [0.1, 0.15) is 17.0 Å². The van der Waals surface area contributed by atoms with Gasteiger partial charge in [0.15, 0.2) is 0 Å². The SMILES string of the molecule is COc1ccc(N2CCN(C(=O)OC(C)(C)C)CC2)c(NC(=O)c2[nH]c3cc(Cl)cc4c3c2-c2c(-c3ccccc3)ncn2C4c2ccc(Cl)cc2Cl)c1. The Labute approximate surface area is 327 Å². The summed E-state index contributed by atoms with van der Waals surface area (Å²) >= 11 is 20.0. The molecule has 13 heteroatoms. The molecule has 6 aromatic rings. The molecule has 4 heterocycles. The molecule has 0 saturated carbocycles. The second-order valence-corrected chi connectivity index (χ2v) is 15.6. The van der Waals surface area contributed by atoms with Crippen LogP contribution in [0.5, 0.6) is 5.75 Å². The number of imidazole rings is 1. The summed E-state index contributed by atoms with van der Waals surface area (Å²) in [5.41, 5.74) is 6.56. The van der Waals surface area contributed by atoms with Gasteiger partial charge in [0.05, 0.1) is 42.2 Å². The van der Waals surface area contributed by atoms with Gasteiger partial charge in [-0.25, -0.2) is 9.78 Å². The smallest absolute Gasteiger partial charge is 0.410 e. The van der Waals surface area contributed by atoms with Crippen LogP contribution < -0.4 is 15.0 Å². The van der Waals surface area contributed by atoms with Gasteiger partial charge in [0.2, 0.25) is 0 Å². The molecule has 2 aromatic heterocycles. The summed E-state index contributed by atoms with van der Waals surface area (Å²) in [6.07, 6.45) is 1.45. The van der Waals surface area contributed by atoms with Crippen LogP contribution in [0.4, 0.5) is 16.2 Å². The highest BCUT2D eigenvalue weighted by Crippen LogP contribution is 2.51. The molecule has 0 radical (unpaired) electrons. The van der Waals surface area contributed by atoms with Crippen molar-refractivity contribution in [3.05, 3.63) is 117 Å². The van der Waals surface area contributed by atoms with E-state index in [1.54, 1.807) is 24.4 Å². The molecule has 1 unspecified atom stereocenters. The Morgan fingerprint density at radius 1 is 0.889 bits per heavy atom. The van der Waals surface area contributed by atoms with E-state index in [1.807, 2.05) is 93.6 Å². The number of aromatic nitrogens is 3. The fourth-order valence-corrected chi connectivity index (χ4v) is 8.15. The zero-order valence-electron chi connectivity index (χ0n) is 30.0. The van der Waals surface area contributed by atoms with E-state index in [2.05, 4.69) is 19.8 Å². The number of nitrogens with zero attached hydrogens (tertiary/aromatic N) is 4. The van der Waals surface area contributed by atoms with E-state index in [-0.39, 0.29) is 12.0 Å². The summed E-state index contributed by atoms with van der Waals surface area (Å²) in [7, 11) is 1.59. The second-order valence-electron chi connectivity index (χ2n) is 14.4. The standard InChI is InChI=1S/C41H37Cl3N6O4/c1-41(2,3)54-40(52)49-16-14-48(15-17-49)32-13-11-26(53-4)21-30(32)47-39(51)36-34-33-28(18-25(43)20-31(33)46-36)37(27-12-10-24(42)19-29(27)44)50-22-45-35(38(34)50)23-8-6-5-7-9-23/h5-13,18-22,37,46H,14-17H2,1-4H3,(H,47,51). The maximum atomic E-state index is 14.7. The van der Waals surface area contributed by atoms with E-state index < -0.39 is 11.6 Å². The molecule has 0 bridgehead atoms. The van der Waals surface area contributed by atoms with Crippen LogP contribution in [0, 0.1) is 0 Å². The molecular weight excluding hydrogens is 747 g/mol. The van der Waals surface area contributed by atoms with Crippen LogP contribution in [0.15, 0.2) is 85.2 Å². The van der Waals surface area contributed by atoms with Gasteiger partial charge in [-0.3, -0.25) is 4.79 Å². The molecule has 0 aliphatic carbocycles. The third-order valence-electron chi connectivity index (χ3n) is 9.75. The highest BCUT2D eigenvalue weighted by atomic mass is 35.5. The van der Waals surface area contributed by atoms with Crippen LogP contribution in [-0.4, -0.2) is 70.3 Å². The Morgan fingerprint density at radius 2 is 1.65 bits per heavy atom. The van der Waals surface area contributed by atoms with Crippen molar-refractivity contribution in [1.29, 1.82) is 0 Å². The molecule has 2 amide bonds. The van der Waals surface area contributed by atoms with E-state index >= 15 is 0 Å². The van der Waals surface area contributed by atoms with Crippen molar-refractivity contribution in [2.45, 2.75) is 32.4 Å². The summed E-state index contributed by atoms with van der Waals surface area (Å²) in [4.78, 5) is 39.8. The number of halogens is 3. The topological polar surface area (TPSA) is 105 Å². The number of piperazine rings is 1. The van der Waals surface area contributed by atoms with Crippen LogP contribution in [0.1, 0.15) is 48.4 Å². The van der Waals surface area contributed by atoms with Crippen molar-refractivity contribution in [3.8, 4) is 28.3 Å². The van der Waals surface area contributed by atoms with Gasteiger partial charge in [-0.05, 0) is 68.3 Å². The minimum Gasteiger partial charge on any atom is -0.497 e. The molecular formula is C41H37Cl3N6O4. The fourth-order valence-electron chi connectivity index (χ4n) is 7.41. The summed E-state index contributed by atoms with van der Waals surface area (Å²) in [5, 5.41) is 5.56. The first-order chi connectivity index (χ1) is 25.9. The zero-order valence-corrected chi connectivity index (χ0v) is 32.3. The van der Waals surface area contributed by atoms with E-state index in [0.29, 0.717) is 75.2 Å². The number of nitrogens with one attached hydrogen (secondary N) is 2. The molecule has 54 heavy (non-hydrogen) atoms. The van der Waals surface area contributed by atoms with Gasteiger partial charge in [-0.15, -0.1) is 0 Å². The Hall–Kier alpha value is -5.16. The van der Waals surface area contributed by atoms with Gasteiger partial charge >= 0.3 is 6.09 Å². The van der Waals surface area contributed by atoms with Gasteiger partial charge in [-0.2, -0.15) is 0 Å². The maximum Gasteiger partial charge on any atom is 0.410 e. The van der Waals surface area contributed by atoms with Crippen LogP contribution in [0.3, 0.4) is 0 Å². The number of anilines is 2. The van der Waals surface area contributed by atoms with E-state index in [9.17, 15) is 9.59 Å². The second kappa shape index (κ2) is 13.9. The van der Waals surface area contributed by atoms with Crippen LogP contribution in [0.25, 0.3) is 33.4 Å². The van der Waals surface area contributed by atoms with Crippen molar-refractivity contribution in [3.63, 3.8) is 0 Å². The summed E-state index contributed by atoms with van der Waals surface area (Å²) in [6, 6.07) is 24.3. The monoisotopic (exact) mass is 782 g/mol. The Balaban J connectivity index is 1.23. The van der Waals surface area contributed by atoms with Crippen LogP contribution in [-0.2, 0) is 4.74 Å². The number of ether oxygens (including phenoxy) is 2. The number of carbonyl (C=O) groups is 2. The number of amides is 2. The lowest BCUT2D eigenvalue weighted by Gasteiger charge is -2.37. The normalized spacial score (nSPS) is 15.3. The van der Waals surface area contributed by atoms with Gasteiger partial charge in [0, 0.05) is 69.3 Å². The third kappa shape index (κ3) is 6.52. The van der Waals surface area contributed by atoms with E-state index in [1.165, 1.54) is 0 Å². The Morgan fingerprint density at radius 3 is 2.35 bits per heavy atom. The number of carbonyl (C=O) groups excluding carboxylic acids is 2. The number of methoxy groups -OCH3 is 1. The molecule has 2 N–H and O–H groups in total. The minimum absolute atomic E-state index is 0.340. The minimum atomic E-state index is -0.584. The molecule has 276 valence electrons. The largest absolute Gasteiger partial charge is 0.497 e. The molecule has 8 rings (SSSR count). The Bertz CT molecular complexity index is 2430. The van der Waals surface area contributed by atoms with Crippen LogP contribution >= 0.6 is 34.8 Å². The average Bonchev–Trinajstić information content (AvgIpc) is 3.75. The highest BCUT2D eigenvalue weighted by Gasteiger charge is 2.37. The summed E-state index contributed by atoms with van der Waals surface area (Å²) in [6.45, 7) is 7.59. The molecule has 0 spiro atoms. The molecule has 1 saturated heterocycles. The first kappa shape index (κ1) is 35.8. The summed E-state index contributed by atoms with van der Waals surface area (Å²) in [5.74, 6) is 0.223. The molecule has 2 aliphatic rings. The van der Waals surface area contributed by atoms with Crippen molar-refractivity contribution < 1.29 is 19.1 Å². The first-order valence-electron chi connectivity index (χ1n) is 17.5. The number of hydrogen-bond acceptors (Lipinski definition) is 6. The molecule has 10 nitrogen and oxygen atoms in total. The number of rotatable bonds is 6. The number of benzene rings is 4. The van der Waals surface area contributed by atoms with Crippen LogP contribution in [0.2, 0.25) is 15.1 Å². The maximum absolute atomic E-state index is 14.7. The number of hydrogen-bond donors (Lipinski definition) is 2. The third-order valence-corrected chi connectivity index (χ3v) is 10.5. The number of fused-ring (bicyclic) bond motifs is 2. The number of H-pyrrole nitrogens is 1. The molecule has 1 fully saturated rings. The summed E-state index contributed by atoms with van der Waals surface area (Å²) < 4.78 is 13.2. The van der Waals surface area contributed by atoms with Crippen molar-refractivity contribution >= 4 is 69.1 Å². The predicted octanol–water partition coefficient (Wildman–Crippen LogP) is 9.93. The quantitative estimate of drug-likeness (QED) is 0.174. The molecule has 1 atom stereocenters. The van der Waals surface area contributed by atoms with Crippen molar-refractivity contribution in [1.82, 2.24) is 19.4 Å². The van der Waals surface area contributed by atoms with E-state index in [0.717, 1.165) is 33.5 Å². The van der Waals surface area contributed by atoms with Crippen molar-refractivity contribution in [2.24, 2.45) is 0 Å². The lowest BCUT2D eigenvalue weighted by atomic mass is 9.87. The Kier molecular flexibility index (Phi) is 9.24. The van der Waals surface area contributed by atoms with Gasteiger partial charge in [0.25, 0.3) is 5.91 Å². The van der Waals surface area contributed by atoms with Gasteiger partial charge < -0.3 is 34.1 Å². The predicted molar refractivity (Wildman–Crippen MR) is 215 cm³/mol.